The second-order valence-electron chi connectivity index (χ2n) is 7.75. The van der Waals surface area contributed by atoms with Gasteiger partial charge in [-0.1, -0.05) is 43.6 Å². The maximum atomic E-state index is 13.1. The molecule has 3 aromatic rings. The number of nitrogens with one attached hydrogen (secondary N) is 1. The summed E-state index contributed by atoms with van der Waals surface area (Å²) in [4.78, 5) is 15.0. The number of hydrogen-bond acceptors (Lipinski definition) is 3. The molecule has 0 bridgehead atoms. The van der Waals surface area contributed by atoms with Gasteiger partial charge < -0.3 is 9.64 Å². The van der Waals surface area contributed by atoms with Crippen molar-refractivity contribution in [1.82, 2.24) is 15.1 Å². The van der Waals surface area contributed by atoms with E-state index in [2.05, 4.69) is 24.0 Å². The van der Waals surface area contributed by atoms with Crippen molar-refractivity contribution in [3.8, 4) is 17.0 Å². The van der Waals surface area contributed by atoms with E-state index in [-0.39, 0.29) is 5.91 Å². The first-order valence-corrected chi connectivity index (χ1v) is 10.2. The van der Waals surface area contributed by atoms with Crippen LogP contribution < -0.4 is 4.74 Å². The zero-order valence-corrected chi connectivity index (χ0v) is 17.4. The second-order valence-corrected chi connectivity index (χ2v) is 8.18. The highest BCUT2D eigenvalue weighted by atomic mass is 35.5. The standard InChI is InChI=1S/C23H24ClN3O2/c1-15(2)14-29-19-5-3-4-17(12-19)23(28)27-11-10-21-20(13-27)22(26-25-21)16-6-8-18(24)9-7-16/h3-9,12,15H,10-11,13-14H2,1-2H3,(H,25,26). The number of aromatic amines is 1. The minimum Gasteiger partial charge on any atom is -0.493 e. The highest BCUT2D eigenvalue weighted by molar-refractivity contribution is 6.30. The Kier molecular flexibility index (Phi) is 5.58. The van der Waals surface area contributed by atoms with Crippen LogP contribution in [-0.2, 0) is 13.0 Å². The van der Waals surface area contributed by atoms with E-state index in [1.807, 2.05) is 53.4 Å². The van der Waals surface area contributed by atoms with Gasteiger partial charge in [0.2, 0.25) is 0 Å². The number of rotatable bonds is 5. The number of amides is 1. The molecule has 5 nitrogen and oxygen atoms in total. The summed E-state index contributed by atoms with van der Waals surface area (Å²) in [5, 5.41) is 8.32. The molecule has 0 fully saturated rings. The lowest BCUT2D eigenvalue weighted by Gasteiger charge is -2.27. The van der Waals surface area contributed by atoms with Gasteiger partial charge in [0.05, 0.1) is 12.3 Å². The minimum absolute atomic E-state index is 0.00824. The number of benzene rings is 2. The summed E-state index contributed by atoms with van der Waals surface area (Å²) in [7, 11) is 0. The van der Waals surface area contributed by atoms with Crippen molar-refractivity contribution in [2.75, 3.05) is 13.2 Å². The van der Waals surface area contributed by atoms with Crippen molar-refractivity contribution in [3.05, 3.63) is 70.4 Å². The average Bonchev–Trinajstić information content (AvgIpc) is 3.16. The van der Waals surface area contributed by atoms with Gasteiger partial charge in [-0.05, 0) is 36.2 Å². The Labute approximate surface area is 175 Å². The summed E-state index contributed by atoms with van der Waals surface area (Å²) in [5.41, 5.74) is 4.67. The number of carbonyl (C=O) groups is 1. The van der Waals surface area contributed by atoms with Crippen LogP contribution in [-0.4, -0.2) is 34.2 Å². The fourth-order valence-corrected chi connectivity index (χ4v) is 3.61. The van der Waals surface area contributed by atoms with Crippen LogP contribution in [0.4, 0.5) is 0 Å². The lowest BCUT2D eigenvalue weighted by molar-refractivity contribution is 0.0734. The summed E-state index contributed by atoms with van der Waals surface area (Å²) >= 11 is 6.01. The molecule has 6 heteroatoms. The molecule has 0 unspecified atom stereocenters. The third-order valence-corrected chi connectivity index (χ3v) is 5.25. The molecule has 1 aromatic heterocycles. The maximum absolute atomic E-state index is 13.1. The fourth-order valence-electron chi connectivity index (χ4n) is 3.48. The van der Waals surface area contributed by atoms with Gasteiger partial charge in [0.1, 0.15) is 5.75 Å². The van der Waals surface area contributed by atoms with Crippen molar-refractivity contribution in [3.63, 3.8) is 0 Å². The highest BCUT2D eigenvalue weighted by Gasteiger charge is 2.26. The van der Waals surface area contributed by atoms with Crippen LogP contribution >= 0.6 is 11.6 Å². The Morgan fingerprint density at radius 3 is 2.79 bits per heavy atom. The molecule has 1 aliphatic heterocycles. The van der Waals surface area contributed by atoms with E-state index in [9.17, 15) is 4.79 Å². The molecule has 0 saturated heterocycles. The van der Waals surface area contributed by atoms with Gasteiger partial charge >= 0.3 is 0 Å². The largest absolute Gasteiger partial charge is 0.493 e. The topological polar surface area (TPSA) is 58.2 Å². The molecular formula is C23H24ClN3O2. The maximum Gasteiger partial charge on any atom is 0.254 e. The zero-order chi connectivity index (χ0) is 20.4. The van der Waals surface area contributed by atoms with Gasteiger partial charge in [-0.25, -0.2) is 0 Å². The predicted molar refractivity (Wildman–Crippen MR) is 114 cm³/mol. The smallest absolute Gasteiger partial charge is 0.254 e. The fraction of sp³-hybridized carbons (Fsp3) is 0.304. The van der Waals surface area contributed by atoms with Gasteiger partial charge in [-0.15, -0.1) is 0 Å². The number of nitrogens with zero attached hydrogens (tertiary/aromatic N) is 2. The number of fused-ring (bicyclic) bond motifs is 1. The summed E-state index contributed by atoms with van der Waals surface area (Å²) < 4.78 is 5.78. The Balaban J connectivity index is 1.54. The van der Waals surface area contributed by atoms with Gasteiger partial charge in [-0.3, -0.25) is 9.89 Å². The van der Waals surface area contributed by atoms with Crippen LogP contribution in [0.2, 0.25) is 5.02 Å². The number of H-pyrrole nitrogens is 1. The van der Waals surface area contributed by atoms with Crippen molar-refractivity contribution in [2.45, 2.75) is 26.8 Å². The third-order valence-electron chi connectivity index (χ3n) is 5.00. The Morgan fingerprint density at radius 2 is 2.03 bits per heavy atom. The quantitative estimate of drug-likeness (QED) is 0.647. The normalized spacial score (nSPS) is 13.4. The molecule has 4 rings (SSSR count). The summed E-state index contributed by atoms with van der Waals surface area (Å²) in [6.45, 7) is 6.02. The van der Waals surface area contributed by atoms with Crippen LogP contribution in [0.5, 0.6) is 5.75 Å². The zero-order valence-electron chi connectivity index (χ0n) is 16.6. The predicted octanol–water partition coefficient (Wildman–Crippen LogP) is 4.96. The number of aromatic nitrogens is 2. The molecule has 2 heterocycles. The number of ether oxygens (including phenoxy) is 1. The first-order chi connectivity index (χ1) is 14.0. The van der Waals surface area contributed by atoms with Gasteiger partial charge in [0, 0.05) is 46.9 Å². The molecule has 1 amide bonds. The van der Waals surface area contributed by atoms with E-state index >= 15 is 0 Å². The molecule has 0 spiro atoms. The molecule has 0 atom stereocenters. The molecule has 0 saturated carbocycles. The molecule has 1 aliphatic rings. The van der Waals surface area contributed by atoms with E-state index in [0.717, 1.165) is 34.7 Å². The Hall–Kier alpha value is -2.79. The molecule has 1 N–H and O–H groups in total. The van der Waals surface area contributed by atoms with E-state index in [0.29, 0.717) is 36.2 Å². The molecule has 29 heavy (non-hydrogen) atoms. The van der Waals surface area contributed by atoms with E-state index in [4.69, 9.17) is 16.3 Å². The molecule has 0 aliphatic carbocycles. The lowest BCUT2D eigenvalue weighted by atomic mass is 10.0. The Morgan fingerprint density at radius 1 is 1.24 bits per heavy atom. The van der Waals surface area contributed by atoms with E-state index in [1.54, 1.807) is 0 Å². The Bertz CT molecular complexity index is 1010. The van der Waals surface area contributed by atoms with Crippen LogP contribution in [0.15, 0.2) is 48.5 Å². The van der Waals surface area contributed by atoms with Crippen molar-refractivity contribution in [1.29, 1.82) is 0 Å². The SMILES string of the molecule is CC(C)COc1cccc(C(=O)N2CCc3[nH]nc(-c4ccc(Cl)cc4)c3C2)c1. The number of halogens is 1. The monoisotopic (exact) mass is 409 g/mol. The summed E-state index contributed by atoms with van der Waals surface area (Å²) in [6.07, 6.45) is 0.755. The molecule has 2 aromatic carbocycles. The average molecular weight is 410 g/mol. The van der Waals surface area contributed by atoms with E-state index < -0.39 is 0 Å². The molecular weight excluding hydrogens is 386 g/mol. The number of hydrogen-bond donors (Lipinski definition) is 1. The van der Waals surface area contributed by atoms with Crippen molar-refractivity contribution >= 4 is 17.5 Å². The first-order valence-electron chi connectivity index (χ1n) is 9.85. The van der Waals surface area contributed by atoms with Gasteiger partial charge in [0.15, 0.2) is 0 Å². The highest BCUT2D eigenvalue weighted by Crippen LogP contribution is 2.30. The summed E-state index contributed by atoms with van der Waals surface area (Å²) in [5.74, 6) is 1.17. The lowest BCUT2D eigenvalue weighted by Crippen LogP contribution is -2.35. The van der Waals surface area contributed by atoms with Crippen LogP contribution in [0.25, 0.3) is 11.3 Å². The first kappa shape index (κ1) is 19.5. The van der Waals surface area contributed by atoms with Crippen LogP contribution in [0.1, 0.15) is 35.5 Å². The van der Waals surface area contributed by atoms with Gasteiger partial charge in [0.25, 0.3) is 5.91 Å². The molecule has 150 valence electrons. The number of carbonyl (C=O) groups excluding carboxylic acids is 1. The molecule has 0 radical (unpaired) electrons. The van der Waals surface area contributed by atoms with Gasteiger partial charge in [-0.2, -0.15) is 5.10 Å². The van der Waals surface area contributed by atoms with E-state index in [1.165, 1.54) is 0 Å². The van der Waals surface area contributed by atoms with Crippen LogP contribution in [0, 0.1) is 5.92 Å². The minimum atomic E-state index is 0.00824. The summed E-state index contributed by atoms with van der Waals surface area (Å²) in [6, 6.07) is 15.0. The second kappa shape index (κ2) is 8.29. The third kappa shape index (κ3) is 4.30. The van der Waals surface area contributed by atoms with Crippen molar-refractivity contribution in [2.24, 2.45) is 5.92 Å². The van der Waals surface area contributed by atoms with Crippen LogP contribution in [0.3, 0.4) is 0 Å². The van der Waals surface area contributed by atoms with Crippen molar-refractivity contribution < 1.29 is 9.53 Å².